The van der Waals surface area contributed by atoms with Crippen LogP contribution in [0.15, 0.2) is 6.20 Å². The summed E-state index contributed by atoms with van der Waals surface area (Å²) in [6, 6.07) is 0. The van der Waals surface area contributed by atoms with Gasteiger partial charge in [-0.3, -0.25) is 4.68 Å². The molecule has 0 radical (unpaired) electrons. The quantitative estimate of drug-likeness (QED) is 0.645. The third-order valence-corrected chi connectivity index (χ3v) is 2.31. The van der Waals surface area contributed by atoms with Crippen LogP contribution >= 0.6 is 0 Å². The predicted molar refractivity (Wildman–Crippen MR) is 58.5 cm³/mol. The van der Waals surface area contributed by atoms with Gasteiger partial charge in [0.15, 0.2) is 0 Å². The molecule has 1 aromatic rings. The van der Waals surface area contributed by atoms with Gasteiger partial charge in [-0.25, -0.2) is 0 Å². The first-order valence-electron chi connectivity index (χ1n) is 5.61. The second-order valence-corrected chi connectivity index (χ2v) is 3.88. The second kappa shape index (κ2) is 6.32. The summed E-state index contributed by atoms with van der Waals surface area (Å²) in [4.78, 5) is 10.8. The first kappa shape index (κ1) is 11.9. The van der Waals surface area contributed by atoms with Gasteiger partial charge in [-0.05, 0) is 19.8 Å². The van der Waals surface area contributed by atoms with E-state index in [0.717, 1.165) is 18.7 Å². The number of hydrogen-bond donors (Lipinski definition) is 0. The van der Waals surface area contributed by atoms with Crippen LogP contribution in [0.2, 0.25) is 0 Å². The molecule has 1 aromatic heterocycles. The van der Waals surface area contributed by atoms with E-state index >= 15 is 0 Å². The summed E-state index contributed by atoms with van der Waals surface area (Å²) in [5.41, 5.74) is 0.918. The summed E-state index contributed by atoms with van der Waals surface area (Å²) < 4.78 is 1.87. The number of Topliss-reactive ketones (excluding diaryl/α,β-unsaturated/α-hetero) is 1. The number of unbranched alkanes of at least 4 members (excludes halogenated alkanes) is 2. The fourth-order valence-electron chi connectivity index (χ4n) is 1.39. The molecule has 15 heavy (non-hydrogen) atoms. The van der Waals surface area contributed by atoms with E-state index in [9.17, 15) is 4.79 Å². The highest BCUT2D eigenvalue weighted by Crippen LogP contribution is 2.01. The standard InChI is InChI=1S/C11H19N3O/c1-3-4-5-8-14-9-11(12-13-14)7-6-10(2)15/h9H,3-8H2,1-2H3. The van der Waals surface area contributed by atoms with Gasteiger partial charge in [-0.1, -0.05) is 25.0 Å². The van der Waals surface area contributed by atoms with Crippen molar-refractivity contribution >= 4 is 5.78 Å². The van der Waals surface area contributed by atoms with E-state index in [4.69, 9.17) is 0 Å². The largest absolute Gasteiger partial charge is 0.300 e. The van der Waals surface area contributed by atoms with Crippen LogP contribution in [0.5, 0.6) is 0 Å². The smallest absolute Gasteiger partial charge is 0.130 e. The molecule has 0 amide bonds. The highest BCUT2D eigenvalue weighted by Gasteiger charge is 2.02. The lowest BCUT2D eigenvalue weighted by atomic mass is 10.2. The van der Waals surface area contributed by atoms with Gasteiger partial charge in [0.25, 0.3) is 0 Å². The normalized spacial score (nSPS) is 10.5. The lowest BCUT2D eigenvalue weighted by Gasteiger charge is -1.97. The van der Waals surface area contributed by atoms with Crippen LogP contribution in [-0.4, -0.2) is 20.8 Å². The van der Waals surface area contributed by atoms with Crippen molar-refractivity contribution < 1.29 is 4.79 Å². The molecular weight excluding hydrogens is 190 g/mol. The number of carbonyl (C=O) groups excluding carboxylic acids is 1. The minimum absolute atomic E-state index is 0.204. The minimum atomic E-state index is 0.204. The van der Waals surface area contributed by atoms with Crippen molar-refractivity contribution in [2.24, 2.45) is 0 Å². The average Bonchev–Trinajstić information content (AvgIpc) is 2.63. The lowest BCUT2D eigenvalue weighted by molar-refractivity contribution is -0.116. The van der Waals surface area contributed by atoms with Gasteiger partial charge in [0.1, 0.15) is 5.78 Å². The predicted octanol–water partition coefficient (Wildman–Crippen LogP) is 1.99. The zero-order valence-corrected chi connectivity index (χ0v) is 9.57. The van der Waals surface area contributed by atoms with Gasteiger partial charge in [0.05, 0.1) is 5.69 Å². The van der Waals surface area contributed by atoms with E-state index in [1.807, 2.05) is 10.9 Å². The maximum Gasteiger partial charge on any atom is 0.130 e. The van der Waals surface area contributed by atoms with Crippen LogP contribution in [-0.2, 0) is 17.8 Å². The highest BCUT2D eigenvalue weighted by molar-refractivity contribution is 5.75. The maximum absolute atomic E-state index is 10.8. The van der Waals surface area contributed by atoms with Crippen molar-refractivity contribution in [3.8, 4) is 0 Å². The fraction of sp³-hybridized carbons (Fsp3) is 0.727. The summed E-state index contributed by atoms with van der Waals surface area (Å²) in [6.45, 7) is 4.71. The second-order valence-electron chi connectivity index (χ2n) is 3.88. The molecule has 0 bridgehead atoms. The molecule has 0 aromatic carbocycles. The Kier molecular flexibility index (Phi) is 5.01. The zero-order valence-electron chi connectivity index (χ0n) is 9.57. The Morgan fingerprint density at radius 2 is 2.27 bits per heavy atom. The van der Waals surface area contributed by atoms with Crippen molar-refractivity contribution in [2.45, 2.75) is 52.5 Å². The van der Waals surface area contributed by atoms with Crippen molar-refractivity contribution in [1.82, 2.24) is 15.0 Å². The SMILES string of the molecule is CCCCCn1cc(CCC(C)=O)nn1. The first-order valence-corrected chi connectivity index (χ1v) is 5.61. The number of nitrogens with zero attached hydrogens (tertiary/aromatic N) is 3. The van der Waals surface area contributed by atoms with Crippen LogP contribution in [0.3, 0.4) is 0 Å². The summed E-state index contributed by atoms with van der Waals surface area (Å²) in [5.74, 6) is 0.204. The molecule has 4 heteroatoms. The van der Waals surface area contributed by atoms with Crippen molar-refractivity contribution in [2.75, 3.05) is 0 Å². The summed E-state index contributed by atoms with van der Waals surface area (Å²) in [7, 11) is 0. The zero-order chi connectivity index (χ0) is 11.1. The van der Waals surface area contributed by atoms with Gasteiger partial charge < -0.3 is 4.79 Å². The van der Waals surface area contributed by atoms with Crippen LogP contribution in [0.4, 0.5) is 0 Å². The average molecular weight is 209 g/mol. The molecule has 4 nitrogen and oxygen atoms in total. The van der Waals surface area contributed by atoms with E-state index in [2.05, 4.69) is 17.2 Å². The Morgan fingerprint density at radius 1 is 1.47 bits per heavy atom. The Hall–Kier alpha value is -1.19. The number of aryl methyl sites for hydroxylation is 2. The molecule has 84 valence electrons. The monoisotopic (exact) mass is 209 g/mol. The van der Waals surface area contributed by atoms with Gasteiger partial charge in [-0.2, -0.15) is 0 Å². The summed E-state index contributed by atoms with van der Waals surface area (Å²) in [6.07, 6.45) is 6.80. The van der Waals surface area contributed by atoms with E-state index in [1.165, 1.54) is 12.8 Å². The third kappa shape index (κ3) is 4.72. The fourth-order valence-corrected chi connectivity index (χ4v) is 1.39. The molecule has 0 aliphatic carbocycles. The maximum atomic E-state index is 10.8. The van der Waals surface area contributed by atoms with E-state index in [1.54, 1.807) is 6.92 Å². The topological polar surface area (TPSA) is 47.8 Å². The Labute approximate surface area is 90.7 Å². The highest BCUT2D eigenvalue weighted by atomic mass is 16.1. The minimum Gasteiger partial charge on any atom is -0.300 e. The summed E-state index contributed by atoms with van der Waals surface area (Å²) >= 11 is 0. The van der Waals surface area contributed by atoms with E-state index in [-0.39, 0.29) is 5.78 Å². The molecule has 0 saturated heterocycles. The van der Waals surface area contributed by atoms with Crippen LogP contribution in [0.1, 0.15) is 45.2 Å². The molecule has 0 spiro atoms. The number of carbonyl (C=O) groups is 1. The molecule has 0 saturated carbocycles. The molecule has 0 N–H and O–H groups in total. The molecule has 0 aliphatic rings. The van der Waals surface area contributed by atoms with Crippen molar-refractivity contribution in [3.63, 3.8) is 0 Å². The van der Waals surface area contributed by atoms with Gasteiger partial charge in [0, 0.05) is 19.2 Å². The van der Waals surface area contributed by atoms with Crippen molar-refractivity contribution in [3.05, 3.63) is 11.9 Å². The van der Waals surface area contributed by atoms with Crippen LogP contribution in [0.25, 0.3) is 0 Å². The molecular formula is C11H19N3O. The molecule has 0 atom stereocenters. The Bertz CT molecular complexity index is 307. The number of hydrogen-bond acceptors (Lipinski definition) is 3. The van der Waals surface area contributed by atoms with Gasteiger partial charge in [0.2, 0.25) is 0 Å². The lowest BCUT2D eigenvalue weighted by Crippen LogP contribution is -1.98. The van der Waals surface area contributed by atoms with E-state index < -0.39 is 0 Å². The van der Waals surface area contributed by atoms with Gasteiger partial charge in [-0.15, -0.1) is 5.10 Å². The number of rotatable bonds is 7. The number of aromatic nitrogens is 3. The third-order valence-electron chi connectivity index (χ3n) is 2.31. The first-order chi connectivity index (χ1) is 7.22. The van der Waals surface area contributed by atoms with Crippen LogP contribution in [0, 0.1) is 0 Å². The Balaban J connectivity index is 2.32. The molecule has 0 aliphatic heterocycles. The molecule has 1 rings (SSSR count). The molecule has 0 fully saturated rings. The van der Waals surface area contributed by atoms with Crippen LogP contribution < -0.4 is 0 Å². The van der Waals surface area contributed by atoms with E-state index in [0.29, 0.717) is 12.8 Å². The Morgan fingerprint density at radius 3 is 2.93 bits per heavy atom. The van der Waals surface area contributed by atoms with Gasteiger partial charge >= 0.3 is 0 Å². The number of ketones is 1. The molecule has 0 unspecified atom stereocenters. The van der Waals surface area contributed by atoms with Crippen molar-refractivity contribution in [1.29, 1.82) is 0 Å². The molecule has 1 heterocycles. The summed E-state index contributed by atoms with van der Waals surface area (Å²) in [5, 5.41) is 8.05.